The number of nitriles is 1. The number of likely N-dealkylation sites (tertiary alicyclic amines) is 1. The highest BCUT2D eigenvalue weighted by Gasteiger charge is 2.21. The summed E-state index contributed by atoms with van der Waals surface area (Å²) >= 11 is 0. The third kappa shape index (κ3) is 5.96. The predicted molar refractivity (Wildman–Crippen MR) is 116 cm³/mol. The Kier molecular flexibility index (Phi) is 7.85. The largest absolute Gasteiger partial charge is 0.496 e. The maximum atomic E-state index is 13.9. The summed E-state index contributed by atoms with van der Waals surface area (Å²) < 4.78 is 25.1. The second-order valence-electron chi connectivity index (χ2n) is 7.61. The molecule has 1 heterocycles. The van der Waals surface area contributed by atoms with Crippen LogP contribution < -0.4 is 14.8 Å². The van der Waals surface area contributed by atoms with Gasteiger partial charge in [-0.05, 0) is 62.2 Å². The first kappa shape index (κ1) is 22.6. The number of piperidine rings is 1. The molecule has 1 N–H and O–H groups in total. The van der Waals surface area contributed by atoms with Crippen molar-refractivity contribution >= 4 is 5.91 Å². The van der Waals surface area contributed by atoms with Crippen LogP contribution in [-0.4, -0.2) is 44.2 Å². The average Bonchev–Trinajstić information content (AvgIpc) is 2.78. The van der Waals surface area contributed by atoms with Gasteiger partial charge in [0, 0.05) is 30.8 Å². The second-order valence-corrected chi connectivity index (χ2v) is 7.61. The number of rotatable bonds is 8. The monoisotopic (exact) mass is 425 g/mol. The third-order valence-electron chi connectivity index (χ3n) is 5.35. The molecule has 3 rings (SSSR count). The highest BCUT2D eigenvalue weighted by atomic mass is 19.1. The van der Waals surface area contributed by atoms with Crippen molar-refractivity contribution in [3.8, 4) is 28.7 Å². The van der Waals surface area contributed by atoms with Crippen LogP contribution in [0.15, 0.2) is 36.4 Å². The standard InChI is InChI=1S/C24H28FN3O3/c1-3-27-24(29)16-31-22-8-6-18(21-12-20(25)7-9-23(21)30-2)11-19(22)15-28-10-4-5-17(13-26)14-28/h6-9,11-12,17H,3-5,10,14-16H2,1-2H3,(H,27,29). The van der Waals surface area contributed by atoms with Gasteiger partial charge in [-0.2, -0.15) is 5.26 Å². The summed E-state index contributed by atoms with van der Waals surface area (Å²) in [5, 5.41) is 12.0. The van der Waals surface area contributed by atoms with E-state index in [1.807, 2.05) is 19.1 Å². The number of halogens is 1. The van der Waals surface area contributed by atoms with Crippen molar-refractivity contribution in [2.45, 2.75) is 26.3 Å². The Morgan fingerprint density at radius 3 is 2.84 bits per heavy atom. The molecule has 1 saturated heterocycles. The number of amides is 1. The third-order valence-corrected chi connectivity index (χ3v) is 5.35. The van der Waals surface area contributed by atoms with E-state index in [1.165, 1.54) is 12.1 Å². The van der Waals surface area contributed by atoms with E-state index in [9.17, 15) is 14.4 Å². The highest BCUT2D eigenvalue weighted by molar-refractivity contribution is 5.77. The molecule has 7 heteroatoms. The van der Waals surface area contributed by atoms with Crippen molar-refractivity contribution in [2.24, 2.45) is 5.92 Å². The molecule has 0 spiro atoms. The maximum Gasteiger partial charge on any atom is 0.257 e. The summed E-state index contributed by atoms with van der Waals surface area (Å²) in [6, 6.07) is 12.4. The number of hydrogen-bond acceptors (Lipinski definition) is 5. The molecule has 1 fully saturated rings. The van der Waals surface area contributed by atoms with Gasteiger partial charge in [-0.1, -0.05) is 6.07 Å². The quantitative estimate of drug-likeness (QED) is 0.697. The van der Waals surface area contributed by atoms with Crippen LogP contribution in [0.5, 0.6) is 11.5 Å². The van der Waals surface area contributed by atoms with E-state index >= 15 is 0 Å². The molecule has 2 aromatic carbocycles. The molecule has 164 valence electrons. The molecule has 1 aliphatic rings. The molecule has 1 atom stereocenters. The Morgan fingerprint density at radius 1 is 1.29 bits per heavy atom. The van der Waals surface area contributed by atoms with Crippen LogP contribution in [0, 0.1) is 23.1 Å². The molecule has 0 aliphatic carbocycles. The Hall–Kier alpha value is -3.11. The summed E-state index contributed by atoms with van der Waals surface area (Å²) in [5.41, 5.74) is 2.32. The molecule has 0 bridgehead atoms. The van der Waals surface area contributed by atoms with E-state index in [4.69, 9.17) is 9.47 Å². The average molecular weight is 426 g/mol. The smallest absolute Gasteiger partial charge is 0.257 e. The lowest BCUT2D eigenvalue weighted by Gasteiger charge is -2.30. The SMILES string of the molecule is CCNC(=O)COc1ccc(-c2cc(F)ccc2OC)cc1CN1CCCC(C#N)C1. The van der Waals surface area contributed by atoms with Crippen molar-refractivity contribution in [3.63, 3.8) is 0 Å². The predicted octanol–water partition coefficient (Wildman–Crippen LogP) is 3.75. The topological polar surface area (TPSA) is 74.6 Å². The van der Waals surface area contributed by atoms with E-state index < -0.39 is 0 Å². The summed E-state index contributed by atoms with van der Waals surface area (Å²) in [6.07, 6.45) is 1.87. The van der Waals surface area contributed by atoms with Crippen molar-refractivity contribution in [1.29, 1.82) is 5.26 Å². The van der Waals surface area contributed by atoms with E-state index in [1.54, 1.807) is 19.2 Å². The van der Waals surface area contributed by atoms with Gasteiger partial charge in [-0.15, -0.1) is 0 Å². The summed E-state index contributed by atoms with van der Waals surface area (Å²) in [5.74, 6) is 0.656. The van der Waals surface area contributed by atoms with Gasteiger partial charge in [0.1, 0.15) is 17.3 Å². The summed E-state index contributed by atoms with van der Waals surface area (Å²) in [7, 11) is 1.55. The number of nitrogens with one attached hydrogen (secondary N) is 1. The van der Waals surface area contributed by atoms with Crippen LogP contribution in [0.25, 0.3) is 11.1 Å². The number of carbonyl (C=O) groups excluding carboxylic acids is 1. The van der Waals surface area contributed by atoms with Gasteiger partial charge in [0.05, 0.1) is 19.1 Å². The normalized spacial score (nSPS) is 16.4. The van der Waals surface area contributed by atoms with Gasteiger partial charge in [-0.3, -0.25) is 9.69 Å². The maximum absolute atomic E-state index is 13.9. The lowest BCUT2D eigenvalue weighted by Crippen LogP contribution is -2.34. The van der Waals surface area contributed by atoms with Crippen LogP contribution in [-0.2, 0) is 11.3 Å². The number of methoxy groups -OCH3 is 1. The first-order chi connectivity index (χ1) is 15.0. The van der Waals surface area contributed by atoms with Crippen molar-refractivity contribution in [1.82, 2.24) is 10.2 Å². The number of carbonyl (C=O) groups is 1. The molecule has 31 heavy (non-hydrogen) atoms. The van der Waals surface area contributed by atoms with E-state index in [2.05, 4.69) is 16.3 Å². The van der Waals surface area contributed by atoms with Gasteiger partial charge in [0.2, 0.25) is 0 Å². The fraction of sp³-hybridized carbons (Fsp3) is 0.417. The van der Waals surface area contributed by atoms with Crippen molar-refractivity contribution in [2.75, 3.05) is 33.4 Å². The minimum absolute atomic E-state index is 0.0138. The second kappa shape index (κ2) is 10.8. The van der Waals surface area contributed by atoms with E-state index in [0.29, 0.717) is 36.7 Å². The Labute approximate surface area is 182 Å². The van der Waals surface area contributed by atoms with Gasteiger partial charge >= 0.3 is 0 Å². The van der Waals surface area contributed by atoms with Crippen molar-refractivity contribution in [3.05, 3.63) is 47.8 Å². The zero-order valence-electron chi connectivity index (χ0n) is 18.0. The van der Waals surface area contributed by atoms with Gasteiger partial charge in [0.15, 0.2) is 6.61 Å². The van der Waals surface area contributed by atoms with Crippen LogP contribution in [0.4, 0.5) is 4.39 Å². The Morgan fingerprint density at radius 2 is 2.10 bits per heavy atom. The fourth-order valence-electron chi connectivity index (χ4n) is 3.85. The van der Waals surface area contributed by atoms with Crippen LogP contribution in [0.2, 0.25) is 0 Å². The zero-order chi connectivity index (χ0) is 22.2. The molecule has 2 aromatic rings. The summed E-state index contributed by atoms with van der Waals surface area (Å²) in [6.45, 7) is 4.48. The van der Waals surface area contributed by atoms with E-state index in [-0.39, 0.29) is 24.2 Å². The van der Waals surface area contributed by atoms with Crippen LogP contribution >= 0.6 is 0 Å². The molecule has 0 saturated carbocycles. The van der Waals surface area contributed by atoms with Gasteiger partial charge < -0.3 is 14.8 Å². The molecule has 6 nitrogen and oxygen atoms in total. The number of hydrogen-bond donors (Lipinski definition) is 1. The van der Waals surface area contributed by atoms with Crippen LogP contribution in [0.1, 0.15) is 25.3 Å². The van der Waals surface area contributed by atoms with Crippen LogP contribution in [0.3, 0.4) is 0 Å². The minimum Gasteiger partial charge on any atom is -0.496 e. The Bertz CT molecular complexity index is 958. The van der Waals surface area contributed by atoms with Gasteiger partial charge in [0.25, 0.3) is 5.91 Å². The zero-order valence-corrected chi connectivity index (χ0v) is 18.0. The minimum atomic E-state index is -0.346. The first-order valence-electron chi connectivity index (χ1n) is 10.5. The molecular weight excluding hydrogens is 397 g/mol. The van der Waals surface area contributed by atoms with E-state index in [0.717, 1.165) is 30.5 Å². The lowest BCUT2D eigenvalue weighted by molar-refractivity contribution is -0.123. The molecule has 1 amide bonds. The molecule has 0 radical (unpaired) electrons. The number of nitrogens with zero attached hydrogens (tertiary/aromatic N) is 2. The molecule has 1 unspecified atom stereocenters. The number of benzene rings is 2. The number of ether oxygens (including phenoxy) is 2. The van der Waals surface area contributed by atoms with Crippen molar-refractivity contribution < 1.29 is 18.7 Å². The fourth-order valence-corrected chi connectivity index (χ4v) is 3.85. The first-order valence-corrected chi connectivity index (χ1v) is 10.5. The lowest BCUT2D eigenvalue weighted by atomic mass is 9.97. The number of likely N-dealkylation sites (N-methyl/N-ethyl adjacent to an activating group) is 1. The molecular formula is C24H28FN3O3. The molecule has 1 aliphatic heterocycles. The highest BCUT2D eigenvalue weighted by Crippen LogP contribution is 2.34. The Balaban J connectivity index is 1.91. The molecule has 0 aromatic heterocycles. The van der Waals surface area contributed by atoms with Gasteiger partial charge in [-0.25, -0.2) is 4.39 Å². The summed E-state index contributed by atoms with van der Waals surface area (Å²) in [4.78, 5) is 14.1.